The number of para-hydroxylation sites is 2. The van der Waals surface area contributed by atoms with Gasteiger partial charge in [0.1, 0.15) is 5.75 Å². The Balaban J connectivity index is 1.74. The number of hydrogen-bond acceptors (Lipinski definition) is 6. The molecule has 0 saturated carbocycles. The van der Waals surface area contributed by atoms with Gasteiger partial charge in [-0.05, 0) is 36.8 Å². The Morgan fingerprint density at radius 2 is 1.97 bits per heavy atom. The lowest BCUT2D eigenvalue weighted by molar-refractivity contribution is -0.128. The summed E-state index contributed by atoms with van der Waals surface area (Å²) in [5.74, 6) is -0.0898. The fraction of sp³-hybridized carbons (Fsp3) is 0.300. The van der Waals surface area contributed by atoms with Crippen molar-refractivity contribution in [3.63, 3.8) is 0 Å². The number of rotatable bonds is 7. The molecule has 0 spiro atoms. The summed E-state index contributed by atoms with van der Waals surface area (Å²) >= 11 is 0. The van der Waals surface area contributed by atoms with E-state index in [0.717, 1.165) is 6.42 Å². The van der Waals surface area contributed by atoms with Gasteiger partial charge in [0.2, 0.25) is 15.9 Å². The van der Waals surface area contributed by atoms with Crippen molar-refractivity contribution >= 4 is 33.2 Å². The fourth-order valence-electron chi connectivity index (χ4n) is 3.08. The minimum absolute atomic E-state index is 0.0441. The van der Waals surface area contributed by atoms with Crippen molar-refractivity contribution in [2.24, 2.45) is 5.14 Å². The van der Waals surface area contributed by atoms with Crippen LogP contribution in [0.1, 0.15) is 13.3 Å². The van der Waals surface area contributed by atoms with Crippen LogP contribution in [-0.2, 0) is 19.6 Å². The van der Waals surface area contributed by atoms with Gasteiger partial charge in [-0.3, -0.25) is 9.59 Å². The number of sulfonamides is 1. The highest BCUT2D eigenvalue weighted by Crippen LogP contribution is 2.33. The number of anilines is 2. The molecule has 0 bridgehead atoms. The summed E-state index contributed by atoms with van der Waals surface area (Å²) in [4.78, 5) is 26.7. The summed E-state index contributed by atoms with van der Waals surface area (Å²) in [5.41, 5.74) is 1.01. The summed E-state index contributed by atoms with van der Waals surface area (Å²) < 4.78 is 28.8. The van der Waals surface area contributed by atoms with E-state index < -0.39 is 16.1 Å². The molecule has 1 heterocycles. The molecule has 1 aliphatic heterocycles. The van der Waals surface area contributed by atoms with Crippen LogP contribution < -0.4 is 25.4 Å². The van der Waals surface area contributed by atoms with Crippen LogP contribution in [0.25, 0.3) is 0 Å². The van der Waals surface area contributed by atoms with Gasteiger partial charge in [0.05, 0.1) is 23.7 Å². The summed E-state index contributed by atoms with van der Waals surface area (Å²) in [6, 6.07) is 12.9. The molecule has 2 aromatic carbocycles. The summed E-state index contributed by atoms with van der Waals surface area (Å²) in [7, 11) is -3.88. The van der Waals surface area contributed by atoms with E-state index >= 15 is 0 Å². The number of primary sulfonamides is 1. The van der Waals surface area contributed by atoms with Gasteiger partial charge in [-0.25, -0.2) is 13.6 Å². The first kappa shape index (κ1) is 21.6. The van der Waals surface area contributed by atoms with Gasteiger partial charge < -0.3 is 20.3 Å². The fourth-order valence-corrected chi connectivity index (χ4v) is 3.64. The predicted octanol–water partition coefficient (Wildman–Crippen LogP) is 1.07. The van der Waals surface area contributed by atoms with Crippen molar-refractivity contribution in [3.05, 3.63) is 48.5 Å². The quantitative estimate of drug-likeness (QED) is 0.600. The number of hydrogen-bond donors (Lipinski definition) is 3. The molecular formula is C20H24N4O5S. The Morgan fingerprint density at radius 1 is 1.20 bits per heavy atom. The number of ether oxygens (including phenoxy) is 1. The third-order valence-corrected chi connectivity index (χ3v) is 5.39. The van der Waals surface area contributed by atoms with Gasteiger partial charge in [-0.1, -0.05) is 25.1 Å². The number of carbonyl (C=O) groups excluding carboxylic acids is 2. The Bertz CT molecular complexity index is 1040. The molecule has 0 fully saturated rings. The molecule has 0 radical (unpaired) electrons. The first-order valence-corrected chi connectivity index (χ1v) is 11.0. The average molecular weight is 433 g/mol. The van der Waals surface area contributed by atoms with Crippen LogP contribution in [0.3, 0.4) is 0 Å². The van der Waals surface area contributed by atoms with E-state index in [9.17, 15) is 18.0 Å². The zero-order valence-corrected chi connectivity index (χ0v) is 17.3. The van der Waals surface area contributed by atoms with Gasteiger partial charge in [-0.15, -0.1) is 0 Å². The van der Waals surface area contributed by atoms with Crippen molar-refractivity contribution < 1.29 is 22.7 Å². The van der Waals surface area contributed by atoms with Crippen molar-refractivity contribution in [1.29, 1.82) is 0 Å². The number of benzene rings is 2. The zero-order chi connectivity index (χ0) is 21.7. The Labute approximate surface area is 175 Å². The maximum Gasteiger partial charge on any atom is 0.262 e. The topological polar surface area (TPSA) is 131 Å². The third kappa shape index (κ3) is 5.28. The second-order valence-electron chi connectivity index (χ2n) is 6.87. The highest BCUT2D eigenvalue weighted by molar-refractivity contribution is 7.89. The molecule has 0 unspecified atom stereocenters. The van der Waals surface area contributed by atoms with Gasteiger partial charge in [0, 0.05) is 12.2 Å². The summed E-state index contributed by atoms with van der Waals surface area (Å²) in [6.07, 6.45) is 0.0589. The molecule has 1 atom stereocenters. The van der Waals surface area contributed by atoms with Crippen LogP contribution >= 0.6 is 0 Å². The molecule has 30 heavy (non-hydrogen) atoms. The van der Waals surface area contributed by atoms with Gasteiger partial charge in [0.15, 0.2) is 6.10 Å². The summed E-state index contributed by atoms with van der Waals surface area (Å²) in [5, 5.41) is 10.6. The largest absolute Gasteiger partial charge is 0.477 e. The SMILES string of the molecule is CCCNC(=O)[C@H]1CN(CC(=O)Nc2cccc(S(N)(=O)=O)c2)c2ccccc2O1. The minimum atomic E-state index is -3.88. The van der Waals surface area contributed by atoms with E-state index in [2.05, 4.69) is 10.6 Å². The molecular weight excluding hydrogens is 408 g/mol. The molecule has 3 rings (SSSR count). The first-order chi connectivity index (χ1) is 14.3. The normalized spacial score (nSPS) is 15.7. The molecule has 0 aliphatic carbocycles. The number of nitrogens with zero attached hydrogens (tertiary/aromatic N) is 1. The molecule has 9 nitrogen and oxygen atoms in total. The Morgan fingerprint density at radius 3 is 2.70 bits per heavy atom. The Kier molecular flexibility index (Phi) is 6.58. The van der Waals surface area contributed by atoms with E-state index in [1.165, 1.54) is 18.2 Å². The van der Waals surface area contributed by atoms with Crippen molar-refractivity contribution in [2.45, 2.75) is 24.3 Å². The standard InChI is InChI=1S/C20H24N4O5S/c1-2-10-22-20(26)18-12-24(16-8-3-4-9-17(16)29-18)13-19(25)23-14-6-5-7-15(11-14)30(21,27)28/h3-9,11,18H,2,10,12-13H2,1H3,(H,22,26)(H,23,25)(H2,21,27,28)/t18-/m1/s1. The molecule has 160 valence electrons. The second-order valence-corrected chi connectivity index (χ2v) is 8.43. The number of amides is 2. The number of carbonyl (C=O) groups is 2. The highest BCUT2D eigenvalue weighted by atomic mass is 32.2. The molecule has 10 heteroatoms. The zero-order valence-electron chi connectivity index (χ0n) is 16.5. The van der Waals surface area contributed by atoms with Gasteiger partial charge in [-0.2, -0.15) is 0 Å². The van der Waals surface area contributed by atoms with Crippen LogP contribution in [0.4, 0.5) is 11.4 Å². The predicted molar refractivity (Wildman–Crippen MR) is 113 cm³/mol. The van der Waals surface area contributed by atoms with Gasteiger partial charge in [0.25, 0.3) is 5.91 Å². The average Bonchev–Trinajstić information content (AvgIpc) is 2.71. The van der Waals surface area contributed by atoms with Gasteiger partial charge >= 0.3 is 0 Å². The van der Waals surface area contributed by atoms with E-state index in [0.29, 0.717) is 23.7 Å². The number of nitrogens with two attached hydrogens (primary N) is 1. The van der Waals surface area contributed by atoms with E-state index in [-0.39, 0.29) is 29.8 Å². The van der Waals surface area contributed by atoms with Crippen LogP contribution in [0.2, 0.25) is 0 Å². The highest BCUT2D eigenvalue weighted by Gasteiger charge is 2.31. The molecule has 2 aromatic rings. The molecule has 2 amide bonds. The minimum Gasteiger partial charge on any atom is -0.477 e. The van der Waals surface area contributed by atoms with E-state index in [1.807, 2.05) is 19.1 Å². The third-order valence-electron chi connectivity index (χ3n) is 4.48. The lowest BCUT2D eigenvalue weighted by atomic mass is 10.1. The Hall–Kier alpha value is -3.11. The van der Waals surface area contributed by atoms with E-state index in [1.54, 1.807) is 23.1 Å². The second kappa shape index (κ2) is 9.14. The number of fused-ring (bicyclic) bond motifs is 1. The molecule has 1 aliphatic rings. The monoisotopic (exact) mass is 432 g/mol. The lowest BCUT2D eigenvalue weighted by Crippen LogP contribution is -2.50. The van der Waals surface area contributed by atoms with Crippen LogP contribution in [0.5, 0.6) is 5.75 Å². The van der Waals surface area contributed by atoms with Crippen molar-refractivity contribution in [3.8, 4) is 5.75 Å². The van der Waals surface area contributed by atoms with E-state index in [4.69, 9.17) is 9.88 Å². The molecule has 0 aromatic heterocycles. The number of nitrogens with one attached hydrogen (secondary N) is 2. The molecule has 0 saturated heterocycles. The summed E-state index contributed by atoms with van der Waals surface area (Å²) in [6.45, 7) is 2.66. The maximum atomic E-state index is 12.6. The maximum absolute atomic E-state index is 12.6. The lowest BCUT2D eigenvalue weighted by Gasteiger charge is -2.35. The smallest absolute Gasteiger partial charge is 0.262 e. The first-order valence-electron chi connectivity index (χ1n) is 9.49. The molecule has 4 N–H and O–H groups in total. The van der Waals surface area contributed by atoms with Crippen LogP contribution in [0, 0.1) is 0 Å². The van der Waals surface area contributed by atoms with Crippen molar-refractivity contribution in [1.82, 2.24) is 5.32 Å². The van der Waals surface area contributed by atoms with Crippen LogP contribution in [0.15, 0.2) is 53.4 Å². The van der Waals surface area contributed by atoms with Crippen LogP contribution in [-0.4, -0.2) is 46.0 Å². The van der Waals surface area contributed by atoms with Crippen molar-refractivity contribution in [2.75, 3.05) is 29.9 Å².